The number of nitro groups is 1. The molecule has 0 aromatic heterocycles. The van der Waals surface area contributed by atoms with Crippen LogP contribution in [0.1, 0.15) is 13.3 Å². The van der Waals surface area contributed by atoms with Gasteiger partial charge in [0.15, 0.2) is 12.4 Å². The molecule has 11 nitrogen and oxygen atoms in total. The molecule has 1 unspecified atom stereocenters. The van der Waals surface area contributed by atoms with E-state index >= 15 is 0 Å². The maximum atomic E-state index is 12.7. The second-order valence-electron chi connectivity index (χ2n) is 6.93. The Bertz CT molecular complexity index is 885. The number of hydrogen-bond acceptors (Lipinski definition) is 8. The number of sulfonamides is 1. The van der Waals surface area contributed by atoms with Crippen molar-refractivity contribution >= 4 is 21.6 Å². The maximum absolute atomic E-state index is 12.7. The van der Waals surface area contributed by atoms with Gasteiger partial charge in [-0.3, -0.25) is 14.9 Å². The number of nitro benzene ring substituents is 1. The summed E-state index contributed by atoms with van der Waals surface area (Å²) in [6.45, 7) is 3.78. The Balaban J connectivity index is 1.72. The van der Waals surface area contributed by atoms with Crippen LogP contribution in [0.4, 0.5) is 5.69 Å². The van der Waals surface area contributed by atoms with Crippen molar-refractivity contribution in [2.24, 2.45) is 0 Å². The molecule has 0 bridgehead atoms. The van der Waals surface area contributed by atoms with Crippen LogP contribution in [0, 0.1) is 10.1 Å². The van der Waals surface area contributed by atoms with Crippen LogP contribution in [0.25, 0.3) is 0 Å². The zero-order valence-corrected chi connectivity index (χ0v) is 17.5. The molecule has 0 radical (unpaired) electrons. The summed E-state index contributed by atoms with van der Waals surface area (Å²) in [4.78, 5) is 24.6. The Hall–Kier alpha value is -2.28. The van der Waals surface area contributed by atoms with Gasteiger partial charge in [-0.2, -0.15) is 4.31 Å². The number of carbonyl (C=O) groups excluding carboxylic acids is 1. The van der Waals surface area contributed by atoms with E-state index in [0.717, 1.165) is 12.5 Å². The molecule has 2 heterocycles. The molecule has 0 aliphatic carbocycles. The van der Waals surface area contributed by atoms with Crippen molar-refractivity contribution in [2.45, 2.75) is 24.3 Å². The first kappa shape index (κ1) is 22.4. The summed E-state index contributed by atoms with van der Waals surface area (Å²) < 4.78 is 42.8. The lowest BCUT2D eigenvalue weighted by atomic mass is 10.2. The van der Waals surface area contributed by atoms with Crippen LogP contribution in [-0.4, -0.2) is 87.2 Å². The van der Waals surface area contributed by atoms with E-state index < -0.39 is 20.6 Å². The predicted molar refractivity (Wildman–Crippen MR) is 105 cm³/mol. The maximum Gasteiger partial charge on any atom is 0.312 e. The van der Waals surface area contributed by atoms with Crippen molar-refractivity contribution in [1.29, 1.82) is 0 Å². The molecule has 2 saturated heterocycles. The fourth-order valence-electron chi connectivity index (χ4n) is 3.28. The predicted octanol–water partition coefficient (Wildman–Crippen LogP) is 0.632. The van der Waals surface area contributed by atoms with Gasteiger partial charge in [-0.15, -0.1) is 0 Å². The van der Waals surface area contributed by atoms with E-state index in [9.17, 15) is 23.3 Å². The second kappa shape index (κ2) is 9.69. The van der Waals surface area contributed by atoms with E-state index in [1.165, 1.54) is 16.4 Å². The largest absolute Gasteiger partial charge is 0.477 e. The van der Waals surface area contributed by atoms with E-state index in [0.29, 0.717) is 19.7 Å². The molecule has 2 aliphatic heterocycles. The van der Waals surface area contributed by atoms with Crippen LogP contribution in [-0.2, 0) is 24.3 Å². The highest BCUT2D eigenvalue weighted by Gasteiger charge is 2.30. The molecule has 2 fully saturated rings. The number of morpholine rings is 2. The number of amides is 1. The van der Waals surface area contributed by atoms with E-state index in [1.54, 1.807) is 4.90 Å². The number of rotatable bonds is 7. The Labute approximate surface area is 174 Å². The van der Waals surface area contributed by atoms with Gasteiger partial charge in [-0.25, -0.2) is 8.42 Å². The van der Waals surface area contributed by atoms with E-state index in [-0.39, 0.29) is 55.6 Å². The van der Waals surface area contributed by atoms with Crippen molar-refractivity contribution in [3.63, 3.8) is 0 Å². The van der Waals surface area contributed by atoms with E-state index in [1.807, 2.05) is 6.92 Å². The SMILES string of the molecule is CCC1CN(C(=O)COc2ccc(S(=O)(=O)N3CCOCC3)cc2[N+](=O)[O-])CCO1. The lowest BCUT2D eigenvalue weighted by Gasteiger charge is -2.32. The third-order valence-corrected chi connectivity index (χ3v) is 6.93. The van der Waals surface area contributed by atoms with Crippen LogP contribution in [0.15, 0.2) is 23.1 Å². The molecule has 2 aliphatic rings. The highest BCUT2D eigenvalue weighted by Crippen LogP contribution is 2.31. The van der Waals surface area contributed by atoms with E-state index in [2.05, 4.69) is 0 Å². The van der Waals surface area contributed by atoms with Gasteiger partial charge in [0.2, 0.25) is 10.0 Å². The summed E-state index contributed by atoms with van der Waals surface area (Å²) in [6, 6.07) is 3.43. The molecule has 1 aromatic carbocycles. The average molecular weight is 443 g/mol. The molecule has 12 heteroatoms. The highest BCUT2D eigenvalue weighted by atomic mass is 32.2. The first-order chi connectivity index (χ1) is 14.3. The monoisotopic (exact) mass is 443 g/mol. The quantitative estimate of drug-likeness (QED) is 0.443. The summed E-state index contributed by atoms with van der Waals surface area (Å²) in [7, 11) is -3.89. The van der Waals surface area contributed by atoms with Crippen LogP contribution in [0.3, 0.4) is 0 Å². The van der Waals surface area contributed by atoms with Gasteiger partial charge < -0.3 is 19.1 Å². The number of nitrogens with zero attached hydrogens (tertiary/aromatic N) is 3. The Kier molecular flexibility index (Phi) is 7.23. The first-order valence-electron chi connectivity index (χ1n) is 9.71. The zero-order valence-electron chi connectivity index (χ0n) is 16.7. The van der Waals surface area contributed by atoms with Gasteiger partial charge in [-0.1, -0.05) is 6.92 Å². The van der Waals surface area contributed by atoms with Gasteiger partial charge in [0.25, 0.3) is 5.91 Å². The molecule has 0 spiro atoms. The lowest BCUT2D eigenvalue weighted by molar-refractivity contribution is -0.386. The van der Waals surface area contributed by atoms with Crippen molar-refractivity contribution in [3.8, 4) is 5.75 Å². The average Bonchev–Trinajstić information content (AvgIpc) is 2.77. The summed E-state index contributed by atoms with van der Waals surface area (Å²) in [5, 5.41) is 11.5. The normalized spacial score (nSPS) is 20.7. The lowest BCUT2D eigenvalue weighted by Crippen LogP contribution is -2.47. The molecule has 0 N–H and O–H groups in total. The number of carbonyl (C=O) groups is 1. The molecule has 1 amide bonds. The molecule has 3 rings (SSSR count). The second-order valence-corrected chi connectivity index (χ2v) is 8.87. The molecule has 166 valence electrons. The number of ether oxygens (including phenoxy) is 3. The fourth-order valence-corrected chi connectivity index (χ4v) is 4.71. The summed E-state index contributed by atoms with van der Waals surface area (Å²) in [5.74, 6) is -0.467. The minimum absolute atomic E-state index is 0.0401. The molecule has 1 aromatic rings. The van der Waals surface area contributed by atoms with Crippen LogP contribution in [0.2, 0.25) is 0 Å². The minimum atomic E-state index is -3.89. The van der Waals surface area contributed by atoms with Gasteiger partial charge >= 0.3 is 5.69 Å². The van der Waals surface area contributed by atoms with Crippen molar-refractivity contribution in [2.75, 3.05) is 52.6 Å². The smallest absolute Gasteiger partial charge is 0.312 e. The molecular weight excluding hydrogens is 418 g/mol. The molecule has 30 heavy (non-hydrogen) atoms. The van der Waals surface area contributed by atoms with Gasteiger partial charge in [0.05, 0.1) is 35.7 Å². The van der Waals surface area contributed by atoms with Crippen LogP contribution >= 0.6 is 0 Å². The minimum Gasteiger partial charge on any atom is -0.477 e. The van der Waals surface area contributed by atoms with Crippen molar-refractivity contribution in [1.82, 2.24) is 9.21 Å². The summed E-state index contributed by atoms with van der Waals surface area (Å²) in [5.41, 5.74) is -0.509. The van der Waals surface area contributed by atoms with Crippen LogP contribution < -0.4 is 4.74 Å². The third-order valence-electron chi connectivity index (χ3n) is 5.03. The van der Waals surface area contributed by atoms with Crippen molar-refractivity contribution < 1.29 is 32.3 Å². The van der Waals surface area contributed by atoms with Crippen molar-refractivity contribution in [3.05, 3.63) is 28.3 Å². The zero-order chi connectivity index (χ0) is 21.7. The third kappa shape index (κ3) is 5.06. The fraction of sp³-hybridized carbons (Fsp3) is 0.611. The summed E-state index contributed by atoms with van der Waals surface area (Å²) in [6.07, 6.45) is 0.733. The Morgan fingerprint density at radius 1 is 1.27 bits per heavy atom. The topological polar surface area (TPSA) is 129 Å². The Morgan fingerprint density at radius 3 is 2.67 bits per heavy atom. The molecule has 0 saturated carbocycles. The number of benzene rings is 1. The van der Waals surface area contributed by atoms with Gasteiger partial charge in [0.1, 0.15) is 0 Å². The highest BCUT2D eigenvalue weighted by molar-refractivity contribution is 7.89. The standard InChI is InChI=1S/C18H25N3O8S/c1-2-14-12-19(5-10-28-14)18(22)13-29-17-4-3-15(11-16(17)21(23)24)30(25,26)20-6-8-27-9-7-20/h3-4,11,14H,2,5-10,12-13H2,1H3. The Morgan fingerprint density at radius 2 is 2.00 bits per heavy atom. The van der Waals surface area contributed by atoms with Gasteiger partial charge in [-0.05, 0) is 18.6 Å². The molecular formula is C18H25N3O8S. The van der Waals surface area contributed by atoms with E-state index in [4.69, 9.17) is 14.2 Å². The number of hydrogen-bond donors (Lipinski definition) is 0. The molecule has 1 atom stereocenters. The van der Waals surface area contributed by atoms with Gasteiger partial charge in [0, 0.05) is 32.2 Å². The van der Waals surface area contributed by atoms with Crippen LogP contribution in [0.5, 0.6) is 5.75 Å². The first-order valence-corrected chi connectivity index (χ1v) is 11.2. The summed E-state index contributed by atoms with van der Waals surface area (Å²) >= 11 is 0.